The third-order valence-electron chi connectivity index (χ3n) is 4.01. The lowest BCUT2D eigenvalue weighted by atomic mass is 9.97. The van der Waals surface area contributed by atoms with Gasteiger partial charge in [-0.15, -0.1) is 5.10 Å². The van der Waals surface area contributed by atoms with E-state index in [1.165, 1.54) is 12.8 Å². The summed E-state index contributed by atoms with van der Waals surface area (Å²) in [5, 5.41) is 11.9. The summed E-state index contributed by atoms with van der Waals surface area (Å²) in [4.78, 5) is 2.58. The molecule has 2 rings (SSSR count). The number of aryl methyl sites for hydroxylation is 1. The lowest BCUT2D eigenvalue weighted by molar-refractivity contribution is 0.0984. The van der Waals surface area contributed by atoms with E-state index < -0.39 is 0 Å². The van der Waals surface area contributed by atoms with Crippen LogP contribution in [0.1, 0.15) is 39.3 Å². The molecular weight excluding hydrogens is 238 g/mol. The van der Waals surface area contributed by atoms with E-state index in [1.54, 1.807) is 4.68 Å². The van der Waals surface area contributed by atoms with Gasteiger partial charge in [0.1, 0.15) is 0 Å². The van der Waals surface area contributed by atoms with Crippen molar-refractivity contribution < 1.29 is 0 Å². The second-order valence-electron chi connectivity index (χ2n) is 6.01. The fourth-order valence-corrected chi connectivity index (χ4v) is 2.82. The third-order valence-corrected chi connectivity index (χ3v) is 4.01. The number of nitrogens with zero attached hydrogens (tertiary/aromatic N) is 4. The van der Waals surface area contributed by atoms with Gasteiger partial charge in [-0.25, -0.2) is 0 Å². The topological polar surface area (TPSA) is 46.0 Å². The molecule has 5 nitrogen and oxygen atoms in total. The molecule has 1 aromatic heterocycles. The van der Waals surface area contributed by atoms with Crippen molar-refractivity contribution in [3.8, 4) is 0 Å². The van der Waals surface area contributed by atoms with Gasteiger partial charge in [0.2, 0.25) is 0 Å². The number of aromatic nitrogens is 3. The number of piperazine rings is 1. The molecule has 0 bridgehead atoms. The van der Waals surface area contributed by atoms with Gasteiger partial charge < -0.3 is 5.32 Å². The zero-order valence-electron chi connectivity index (χ0n) is 12.6. The van der Waals surface area contributed by atoms with Crippen molar-refractivity contribution in [1.82, 2.24) is 25.2 Å². The van der Waals surface area contributed by atoms with Gasteiger partial charge in [0, 0.05) is 45.0 Å². The SMILES string of the molecule is CCCC1CNC(C(C)C)CN1Cc1cn(C)nn1. The second kappa shape index (κ2) is 6.48. The largest absolute Gasteiger partial charge is 0.311 e. The summed E-state index contributed by atoms with van der Waals surface area (Å²) in [7, 11) is 1.93. The smallest absolute Gasteiger partial charge is 0.0967 e. The molecule has 1 aromatic rings. The lowest BCUT2D eigenvalue weighted by Crippen LogP contribution is -2.57. The molecule has 1 aliphatic heterocycles. The molecule has 1 saturated heterocycles. The molecule has 0 aliphatic carbocycles. The Balaban J connectivity index is 2.02. The van der Waals surface area contributed by atoms with Crippen molar-refractivity contribution in [3.63, 3.8) is 0 Å². The third kappa shape index (κ3) is 3.76. The minimum absolute atomic E-state index is 0.588. The van der Waals surface area contributed by atoms with Crippen molar-refractivity contribution in [2.75, 3.05) is 13.1 Å². The minimum Gasteiger partial charge on any atom is -0.311 e. The Bertz CT molecular complexity index is 387. The molecule has 0 radical (unpaired) electrons. The fourth-order valence-electron chi connectivity index (χ4n) is 2.82. The van der Waals surface area contributed by atoms with Crippen molar-refractivity contribution in [3.05, 3.63) is 11.9 Å². The van der Waals surface area contributed by atoms with Crippen molar-refractivity contribution >= 4 is 0 Å². The Labute approximate surface area is 116 Å². The minimum atomic E-state index is 0.588. The van der Waals surface area contributed by atoms with Crippen LogP contribution in [0.4, 0.5) is 0 Å². The summed E-state index contributed by atoms with van der Waals surface area (Å²) >= 11 is 0. The molecule has 2 heterocycles. The normalized spacial score (nSPS) is 25.1. The number of nitrogens with one attached hydrogen (secondary N) is 1. The van der Waals surface area contributed by atoms with Crippen LogP contribution in [-0.4, -0.2) is 45.1 Å². The molecule has 108 valence electrons. The number of hydrogen-bond acceptors (Lipinski definition) is 4. The van der Waals surface area contributed by atoms with Gasteiger partial charge in [-0.3, -0.25) is 9.58 Å². The maximum atomic E-state index is 4.23. The number of hydrogen-bond donors (Lipinski definition) is 1. The van der Waals surface area contributed by atoms with E-state index in [-0.39, 0.29) is 0 Å². The Morgan fingerprint density at radius 1 is 1.47 bits per heavy atom. The molecule has 1 N–H and O–H groups in total. The van der Waals surface area contributed by atoms with Gasteiger partial charge >= 0.3 is 0 Å². The van der Waals surface area contributed by atoms with Gasteiger partial charge in [0.15, 0.2) is 0 Å². The van der Waals surface area contributed by atoms with E-state index in [9.17, 15) is 0 Å². The highest BCUT2D eigenvalue weighted by atomic mass is 15.4. The average Bonchev–Trinajstić information content (AvgIpc) is 2.77. The van der Waals surface area contributed by atoms with E-state index in [0.29, 0.717) is 18.0 Å². The van der Waals surface area contributed by atoms with E-state index >= 15 is 0 Å². The molecule has 2 unspecified atom stereocenters. The summed E-state index contributed by atoms with van der Waals surface area (Å²) in [6, 6.07) is 1.21. The first-order valence-electron chi connectivity index (χ1n) is 7.42. The number of rotatable bonds is 5. The molecule has 1 aliphatic rings. The van der Waals surface area contributed by atoms with Crippen molar-refractivity contribution in [2.24, 2.45) is 13.0 Å². The van der Waals surface area contributed by atoms with Gasteiger partial charge in [0.25, 0.3) is 0 Å². The molecular formula is C14H27N5. The van der Waals surface area contributed by atoms with Crippen LogP contribution in [0.3, 0.4) is 0 Å². The average molecular weight is 265 g/mol. The Morgan fingerprint density at radius 2 is 2.26 bits per heavy atom. The van der Waals surface area contributed by atoms with Crippen LogP contribution in [0, 0.1) is 5.92 Å². The maximum Gasteiger partial charge on any atom is 0.0967 e. The van der Waals surface area contributed by atoms with Gasteiger partial charge in [0.05, 0.1) is 5.69 Å². The van der Waals surface area contributed by atoms with E-state index in [1.807, 2.05) is 13.2 Å². The predicted molar refractivity (Wildman–Crippen MR) is 76.7 cm³/mol. The first kappa shape index (κ1) is 14.5. The van der Waals surface area contributed by atoms with Gasteiger partial charge in [-0.05, 0) is 12.3 Å². The first-order valence-corrected chi connectivity index (χ1v) is 7.42. The Kier molecular flexibility index (Phi) is 4.93. The second-order valence-corrected chi connectivity index (χ2v) is 6.01. The van der Waals surface area contributed by atoms with Crippen LogP contribution < -0.4 is 5.32 Å². The van der Waals surface area contributed by atoms with E-state index in [0.717, 1.165) is 25.3 Å². The van der Waals surface area contributed by atoms with E-state index in [4.69, 9.17) is 0 Å². The van der Waals surface area contributed by atoms with Crippen molar-refractivity contribution in [2.45, 2.75) is 52.2 Å². The summed E-state index contributed by atoms with van der Waals surface area (Å²) in [6.07, 6.45) is 4.50. The lowest BCUT2D eigenvalue weighted by Gasteiger charge is -2.41. The summed E-state index contributed by atoms with van der Waals surface area (Å²) < 4.78 is 1.78. The molecule has 1 fully saturated rings. The highest BCUT2D eigenvalue weighted by molar-refractivity contribution is 4.96. The Morgan fingerprint density at radius 3 is 2.84 bits per heavy atom. The molecule has 0 amide bonds. The fraction of sp³-hybridized carbons (Fsp3) is 0.857. The highest BCUT2D eigenvalue weighted by Crippen LogP contribution is 2.18. The van der Waals surface area contributed by atoms with Gasteiger partial charge in [-0.1, -0.05) is 32.4 Å². The van der Waals surface area contributed by atoms with Crippen LogP contribution in [0.2, 0.25) is 0 Å². The summed E-state index contributed by atoms with van der Waals surface area (Å²) in [5.74, 6) is 0.673. The first-order chi connectivity index (χ1) is 9.10. The highest BCUT2D eigenvalue weighted by Gasteiger charge is 2.29. The van der Waals surface area contributed by atoms with Crippen molar-refractivity contribution in [1.29, 1.82) is 0 Å². The van der Waals surface area contributed by atoms with E-state index in [2.05, 4.69) is 41.3 Å². The summed E-state index contributed by atoms with van der Waals surface area (Å²) in [5.41, 5.74) is 1.08. The van der Waals surface area contributed by atoms with Crippen LogP contribution >= 0.6 is 0 Å². The molecule has 19 heavy (non-hydrogen) atoms. The molecule has 5 heteroatoms. The monoisotopic (exact) mass is 265 g/mol. The molecule has 2 atom stereocenters. The maximum absolute atomic E-state index is 4.23. The molecule has 0 saturated carbocycles. The quantitative estimate of drug-likeness (QED) is 0.874. The summed E-state index contributed by atoms with van der Waals surface area (Å²) in [6.45, 7) is 9.96. The van der Waals surface area contributed by atoms with Crippen LogP contribution in [0.25, 0.3) is 0 Å². The Hall–Kier alpha value is -0.940. The van der Waals surface area contributed by atoms with Gasteiger partial charge in [-0.2, -0.15) is 0 Å². The standard InChI is InChI=1S/C14H27N5/c1-5-6-13-7-15-14(11(2)3)10-19(13)9-12-8-18(4)17-16-12/h8,11,13-15H,5-7,9-10H2,1-4H3. The molecule has 0 aromatic carbocycles. The van der Waals surface area contributed by atoms with Crippen LogP contribution in [-0.2, 0) is 13.6 Å². The van der Waals surface area contributed by atoms with Crippen LogP contribution in [0.5, 0.6) is 0 Å². The predicted octanol–water partition coefficient (Wildman–Crippen LogP) is 1.41. The molecule has 0 spiro atoms. The van der Waals surface area contributed by atoms with Crippen LogP contribution in [0.15, 0.2) is 6.20 Å². The zero-order chi connectivity index (χ0) is 13.8. The zero-order valence-corrected chi connectivity index (χ0v) is 12.6.